The van der Waals surface area contributed by atoms with Crippen molar-refractivity contribution in [2.24, 2.45) is 0 Å². The fourth-order valence-electron chi connectivity index (χ4n) is 2.65. The van der Waals surface area contributed by atoms with Crippen LogP contribution in [0.4, 0.5) is 11.4 Å². The van der Waals surface area contributed by atoms with Crippen molar-refractivity contribution in [3.05, 3.63) is 64.2 Å². The third-order valence-corrected chi connectivity index (χ3v) is 5.69. The predicted molar refractivity (Wildman–Crippen MR) is 113 cm³/mol. The van der Waals surface area contributed by atoms with Gasteiger partial charge in [-0.25, -0.2) is 8.42 Å². The van der Waals surface area contributed by atoms with Crippen LogP contribution in [-0.2, 0) is 19.6 Å². The van der Waals surface area contributed by atoms with Gasteiger partial charge in [0, 0.05) is 36.3 Å². The maximum Gasteiger partial charge on any atom is 0.305 e. The number of hydrogen-bond donors (Lipinski definition) is 2. The number of nitro groups is 1. The summed E-state index contributed by atoms with van der Waals surface area (Å²) in [6, 6.07) is 10.5. The van der Waals surface area contributed by atoms with Crippen LogP contribution in [0.3, 0.4) is 0 Å². The Morgan fingerprint density at radius 2 is 1.77 bits per heavy atom. The molecule has 0 aliphatic heterocycles. The predicted octanol–water partition coefficient (Wildman–Crippen LogP) is 2.86. The molecule has 0 saturated carbocycles. The van der Waals surface area contributed by atoms with Crippen LogP contribution >= 0.6 is 0 Å². The molecule has 2 N–H and O–H groups in total. The third kappa shape index (κ3) is 7.37. The largest absolute Gasteiger partial charge is 0.469 e. The molecule has 0 spiro atoms. The molecule has 0 unspecified atom stereocenters. The molecule has 31 heavy (non-hydrogen) atoms. The molecule has 1 amide bonds. The number of carbonyl (C=O) groups excluding carboxylic acids is 2. The number of non-ortho nitro benzene ring substituents is 1. The summed E-state index contributed by atoms with van der Waals surface area (Å²) >= 11 is 0. The number of hydrogen-bond acceptors (Lipinski definition) is 7. The molecule has 0 aliphatic rings. The van der Waals surface area contributed by atoms with Gasteiger partial charge in [-0.15, -0.1) is 0 Å². The maximum atomic E-state index is 12.4. The van der Waals surface area contributed by atoms with Gasteiger partial charge in [0.2, 0.25) is 0 Å². The monoisotopic (exact) mass is 449 g/mol. The van der Waals surface area contributed by atoms with Gasteiger partial charge in [0.25, 0.3) is 21.6 Å². The summed E-state index contributed by atoms with van der Waals surface area (Å²) in [6.45, 7) is 0.446. The third-order valence-electron chi connectivity index (χ3n) is 4.31. The first-order chi connectivity index (χ1) is 14.7. The normalized spacial score (nSPS) is 10.9. The molecule has 0 saturated heterocycles. The van der Waals surface area contributed by atoms with E-state index >= 15 is 0 Å². The Bertz CT molecular complexity index is 1040. The summed E-state index contributed by atoms with van der Waals surface area (Å²) in [5.74, 6) is -0.564. The average Bonchev–Trinajstić information content (AvgIpc) is 2.76. The van der Waals surface area contributed by atoms with Crippen molar-refractivity contribution >= 4 is 33.3 Å². The Balaban J connectivity index is 1.88. The lowest BCUT2D eigenvalue weighted by atomic mass is 10.1. The minimum atomic E-state index is -4.02. The number of ether oxygens (including phenoxy) is 1. The molecule has 0 bridgehead atoms. The molecular formula is C20H23N3O7S. The highest BCUT2D eigenvalue weighted by molar-refractivity contribution is 7.92. The van der Waals surface area contributed by atoms with Crippen molar-refractivity contribution in [1.29, 1.82) is 0 Å². The van der Waals surface area contributed by atoms with Crippen molar-refractivity contribution in [2.45, 2.75) is 30.6 Å². The number of nitro benzene ring substituents is 1. The molecule has 0 fully saturated rings. The van der Waals surface area contributed by atoms with E-state index in [2.05, 4.69) is 14.8 Å². The lowest BCUT2D eigenvalue weighted by Gasteiger charge is -2.09. The van der Waals surface area contributed by atoms with Crippen LogP contribution in [-0.4, -0.2) is 38.9 Å². The van der Waals surface area contributed by atoms with Crippen molar-refractivity contribution in [1.82, 2.24) is 5.32 Å². The number of nitrogens with zero attached hydrogens (tertiary/aromatic N) is 1. The van der Waals surface area contributed by atoms with Gasteiger partial charge in [-0.2, -0.15) is 0 Å². The van der Waals surface area contributed by atoms with Crippen LogP contribution in [0.2, 0.25) is 0 Å². The minimum absolute atomic E-state index is 0.214. The first-order valence-corrected chi connectivity index (χ1v) is 10.9. The van der Waals surface area contributed by atoms with E-state index in [0.717, 1.165) is 12.5 Å². The van der Waals surface area contributed by atoms with Crippen LogP contribution in [0.1, 0.15) is 36.0 Å². The van der Waals surface area contributed by atoms with Crippen LogP contribution in [0.5, 0.6) is 0 Å². The summed E-state index contributed by atoms with van der Waals surface area (Å²) in [4.78, 5) is 33.1. The van der Waals surface area contributed by atoms with Crippen molar-refractivity contribution < 1.29 is 27.7 Å². The number of sulfonamides is 1. The standard InChI is InChI=1S/C20H23N3O7S/c1-30-19(24)8-3-2-4-13-21-20(25)15-9-11-16(12-10-15)22-31(28,29)18-7-5-6-17(14-18)23(26)27/h5-7,9-12,14,22H,2-4,8,13H2,1H3,(H,21,25). The maximum absolute atomic E-state index is 12.4. The SMILES string of the molecule is COC(=O)CCCCCNC(=O)c1ccc(NS(=O)(=O)c2cccc([N+](=O)[O-])c2)cc1. The number of carbonyl (C=O) groups is 2. The number of amides is 1. The van der Waals surface area contributed by atoms with E-state index in [1.54, 1.807) is 0 Å². The lowest BCUT2D eigenvalue weighted by Crippen LogP contribution is -2.24. The van der Waals surface area contributed by atoms with Crippen molar-refractivity contribution in [2.75, 3.05) is 18.4 Å². The zero-order valence-corrected chi connectivity index (χ0v) is 17.7. The first kappa shape index (κ1) is 23.8. The van der Waals surface area contributed by atoms with Gasteiger partial charge in [0.05, 0.1) is 16.9 Å². The molecule has 0 aliphatic carbocycles. The van der Waals surface area contributed by atoms with E-state index in [9.17, 15) is 28.1 Å². The van der Waals surface area contributed by atoms with E-state index in [1.807, 2.05) is 0 Å². The van der Waals surface area contributed by atoms with Crippen molar-refractivity contribution in [3.63, 3.8) is 0 Å². The molecular weight excluding hydrogens is 426 g/mol. The van der Waals surface area contributed by atoms with E-state index in [1.165, 1.54) is 49.6 Å². The van der Waals surface area contributed by atoms with E-state index in [-0.39, 0.29) is 28.1 Å². The van der Waals surface area contributed by atoms with Gasteiger partial charge in [-0.1, -0.05) is 12.5 Å². The molecule has 166 valence electrons. The highest BCUT2D eigenvalue weighted by atomic mass is 32.2. The molecule has 0 heterocycles. The number of anilines is 1. The zero-order chi connectivity index (χ0) is 22.9. The fourth-order valence-corrected chi connectivity index (χ4v) is 3.74. The molecule has 2 aromatic rings. The summed E-state index contributed by atoms with van der Waals surface area (Å²) in [5, 5.41) is 13.6. The van der Waals surface area contributed by atoms with Gasteiger partial charge in [-0.3, -0.25) is 24.4 Å². The summed E-state index contributed by atoms with van der Waals surface area (Å²) in [5.41, 5.74) is 0.235. The molecule has 2 aromatic carbocycles. The van der Waals surface area contributed by atoms with Gasteiger partial charge in [0.1, 0.15) is 0 Å². The lowest BCUT2D eigenvalue weighted by molar-refractivity contribution is -0.385. The van der Waals surface area contributed by atoms with Crippen LogP contribution in [0.15, 0.2) is 53.4 Å². The summed E-state index contributed by atoms with van der Waals surface area (Å²) in [7, 11) is -2.68. The number of methoxy groups -OCH3 is 1. The second kappa shape index (κ2) is 11.1. The molecule has 0 atom stereocenters. The quantitative estimate of drug-likeness (QED) is 0.232. The van der Waals surface area contributed by atoms with Crippen LogP contribution < -0.4 is 10.0 Å². The Morgan fingerprint density at radius 3 is 2.42 bits per heavy atom. The number of benzene rings is 2. The Morgan fingerprint density at radius 1 is 1.06 bits per heavy atom. The Hall–Kier alpha value is -3.47. The molecule has 2 rings (SSSR count). The molecule has 10 nitrogen and oxygen atoms in total. The van der Waals surface area contributed by atoms with E-state index in [4.69, 9.17) is 0 Å². The zero-order valence-electron chi connectivity index (χ0n) is 16.9. The Labute approximate surface area is 179 Å². The number of nitrogens with one attached hydrogen (secondary N) is 2. The smallest absolute Gasteiger partial charge is 0.305 e. The van der Waals surface area contributed by atoms with E-state index < -0.39 is 14.9 Å². The molecule has 11 heteroatoms. The number of unbranched alkanes of at least 4 members (excludes halogenated alkanes) is 2. The molecule has 0 radical (unpaired) electrons. The highest BCUT2D eigenvalue weighted by Gasteiger charge is 2.18. The second-order valence-corrected chi connectivity index (χ2v) is 8.26. The van der Waals surface area contributed by atoms with Gasteiger partial charge < -0.3 is 10.1 Å². The topological polar surface area (TPSA) is 145 Å². The van der Waals surface area contributed by atoms with Gasteiger partial charge in [0.15, 0.2) is 0 Å². The second-order valence-electron chi connectivity index (χ2n) is 6.58. The first-order valence-electron chi connectivity index (χ1n) is 9.45. The fraction of sp³-hybridized carbons (Fsp3) is 0.300. The minimum Gasteiger partial charge on any atom is -0.469 e. The summed E-state index contributed by atoms with van der Waals surface area (Å²) in [6.07, 6.45) is 2.51. The average molecular weight is 449 g/mol. The Kier molecular flexibility index (Phi) is 8.50. The summed E-state index contributed by atoms with van der Waals surface area (Å²) < 4.78 is 31.8. The highest BCUT2D eigenvalue weighted by Crippen LogP contribution is 2.20. The van der Waals surface area contributed by atoms with E-state index in [0.29, 0.717) is 31.4 Å². The molecule has 0 aromatic heterocycles. The van der Waals surface area contributed by atoms with Gasteiger partial charge in [-0.05, 0) is 43.2 Å². The number of rotatable bonds is 11. The van der Waals surface area contributed by atoms with Crippen LogP contribution in [0.25, 0.3) is 0 Å². The van der Waals surface area contributed by atoms with Gasteiger partial charge >= 0.3 is 5.97 Å². The number of esters is 1. The van der Waals surface area contributed by atoms with Crippen LogP contribution in [0, 0.1) is 10.1 Å². The van der Waals surface area contributed by atoms with Crippen molar-refractivity contribution in [3.8, 4) is 0 Å².